The predicted molar refractivity (Wildman–Crippen MR) is 92.8 cm³/mol. The molecule has 140 valence electrons. The molecule has 0 radical (unpaired) electrons. The summed E-state index contributed by atoms with van der Waals surface area (Å²) in [6.45, 7) is 3.04. The van der Waals surface area contributed by atoms with Gasteiger partial charge in [0.2, 0.25) is 5.65 Å². The minimum absolute atomic E-state index is 0.0843. The van der Waals surface area contributed by atoms with E-state index in [0.29, 0.717) is 36.7 Å². The largest absolute Gasteiger partial charge is 0.493 e. The van der Waals surface area contributed by atoms with E-state index in [1.807, 2.05) is 4.90 Å². The molecule has 1 atom stereocenters. The number of anilines is 2. The summed E-state index contributed by atoms with van der Waals surface area (Å²) in [6.07, 6.45) is 0.776. The molecule has 1 fully saturated rings. The zero-order valence-electron chi connectivity index (χ0n) is 14.6. The average molecular weight is 363 g/mol. The molecule has 1 amide bonds. The summed E-state index contributed by atoms with van der Waals surface area (Å²) in [5.41, 5.74) is 0.425. The van der Waals surface area contributed by atoms with Crippen LogP contribution in [0.4, 0.5) is 16.6 Å². The topological polar surface area (TPSA) is 118 Å². The molecular formula is C16H21N5O5. The summed E-state index contributed by atoms with van der Waals surface area (Å²) < 4.78 is 11.7. The molecule has 2 N–H and O–H groups in total. The molecule has 26 heavy (non-hydrogen) atoms. The summed E-state index contributed by atoms with van der Waals surface area (Å²) in [7, 11) is 1.52. The fourth-order valence-electron chi connectivity index (χ4n) is 3.02. The molecule has 0 aromatic carbocycles. The van der Waals surface area contributed by atoms with Crippen LogP contribution in [0.25, 0.3) is 5.65 Å². The minimum atomic E-state index is -0.803. The molecule has 1 aliphatic heterocycles. The van der Waals surface area contributed by atoms with E-state index in [1.165, 1.54) is 7.11 Å². The number of methoxy groups -OCH3 is 1. The number of piperidine rings is 1. The molecule has 0 aliphatic carbocycles. The summed E-state index contributed by atoms with van der Waals surface area (Å²) in [4.78, 5) is 29.2. The Balaban J connectivity index is 1.96. The quantitative estimate of drug-likeness (QED) is 0.822. The normalized spacial score (nSPS) is 17.2. The standard InChI is InChI=1S/C16H21N5O5/c1-3-26-16(24)18-15-17-13-11(25-2)6-7-12(21(13)19-15)20-8-4-5-10(9-20)14(22)23/h6-7,10H,3-5,8-9H2,1-2H3,(H,22,23)(H,18,19,24). The Morgan fingerprint density at radius 3 is 2.92 bits per heavy atom. The SMILES string of the molecule is CCOC(=O)Nc1nc2c(OC)ccc(N3CCCC(C(=O)O)C3)n2n1. The first-order valence-corrected chi connectivity index (χ1v) is 8.38. The van der Waals surface area contributed by atoms with Crippen LogP contribution in [0.3, 0.4) is 0 Å². The number of carbonyl (C=O) groups is 2. The maximum Gasteiger partial charge on any atom is 0.414 e. The number of amides is 1. The molecule has 3 rings (SSSR count). The van der Waals surface area contributed by atoms with Crippen molar-refractivity contribution in [3.05, 3.63) is 12.1 Å². The van der Waals surface area contributed by atoms with Gasteiger partial charge < -0.3 is 19.5 Å². The lowest BCUT2D eigenvalue weighted by Crippen LogP contribution is -2.39. The van der Waals surface area contributed by atoms with Crippen LogP contribution in [-0.4, -0.2) is 58.6 Å². The maximum absolute atomic E-state index is 11.6. The van der Waals surface area contributed by atoms with Crippen molar-refractivity contribution in [3.63, 3.8) is 0 Å². The first-order chi connectivity index (χ1) is 12.5. The summed E-state index contributed by atoms with van der Waals surface area (Å²) in [5, 5.41) is 16.1. The first kappa shape index (κ1) is 17.8. The van der Waals surface area contributed by atoms with Crippen LogP contribution in [0, 0.1) is 5.92 Å². The van der Waals surface area contributed by atoms with Crippen LogP contribution in [0.2, 0.25) is 0 Å². The van der Waals surface area contributed by atoms with Gasteiger partial charge in [-0.15, -0.1) is 5.10 Å². The van der Waals surface area contributed by atoms with E-state index in [2.05, 4.69) is 15.4 Å². The number of aliphatic carboxylic acids is 1. The van der Waals surface area contributed by atoms with E-state index in [9.17, 15) is 14.7 Å². The molecule has 0 saturated carbocycles. The zero-order chi connectivity index (χ0) is 18.7. The third kappa shape index (κ3) is 3.48. The number of rotatable bonds is 5. The molecule has 10 heteroatoms. The van der Waals surface area contributed by atoms with E-state index in [0.717, 1.165) is 6.42 Å². The Kier molecular flexibility index (Phi) is 5.10. The van der Waals surface area contributed by atoms with Gasteiger partial charge in [-0.05, 0) is 31.9 Å². The highest BCUT2D eigenvalue weighted by atomic mass is 16.5. The highest BCUT2D eigenvalue weighted by molar-refractivity contribution is 5.82. The lowest BCUT2D eigenvalue weighted by Gasteiger charge is -2.32. The van der Waals surface area contributed by atoms with Gasteiger partial charge in [0.15, 0.2) is 5.75 Å². The number of hydrogen-bond acceptors (Lipinski definition) is 7. The van der Waals surface area contributed by atoms with Gasteiger partial charge in [-0.3, -0.25) is 10.1 Å². The molecule has 1 unspecified atom stereocenters. The molecular weight excluding hydrogens is 342 g/mol. The number of carbonyl (C=O) groups excluding carboxylic acids is 1. The van der Waals surface area contributed by atoms with E-state index in [1.54, 1.807) is 23.6 Å². The fourth-order valence-corrected chi connectivity index (χ4v) is 3.02. The molecule has 1 saturated heterocycles. The number of aromatic nitrogens is 3. The van der Waals surface area contributed by atoms with Crippen LogP contribution < -0.4 is 15.0 Å². The molecule has 1 aliphatic rings. The highest BCUT2D eigenvalue weighted by Crippen LogP contribution is 2.28. The Morgan fingerprint density at radius 2 is 2.23 bits per heavy atom. The fraction of sp³-hybridized carbons (Fsp3) is 0.500. The lowest BCUT2D eigenvalue weighted by molar-refractivity contribution is -0.141. The second-order valence-electron chi connectivity index (χ2n) is 5.90. The van der Waals surface area contributed by atoms with Crippen molar-refractivity contribution < 1.29 is 24.2 Å². The Labute approximate surface area is 149 Å². The van der Waals surface area contributed by atoms with Crippen LogP contribution in [0.1, 0.15) is 19.8 Å². The van der Waals surface area contributed by atoms with Gasteiger partial charge in [0.1, 0.15) is 5.82 Å². The van der Waals surface area contributed by atoms with E-state index in [4.69, 9.17) is 9.47 Å². The third-order valence-corrected chi connectivity index (χ3v) is 4.23. The maximum atomic E-state index is 11.6. The number of nitrogens with zero attached hydrogens (tertiary/aromatic N) is 4. The van der Waals surface area contributed by atoms with Gasteiger partial charge >= 0.3 is 12.1 Å². The van der Waals surface area contributed by atoms with Crippen molar-refractivity contribution in [2.24, 2.45) is 5.92 Å². The second-order valence-corrected chi connectivity index (χ2v) is 5.90. The summed E-state index contributed by atoms with van der Waals surface area (Å²) in [5.74, 6) is 0.0337. The first-order valence-electron chi connectivity index (χ1n) is 8.38. The van der Waals surface area contributed by atoms with Crippen molar-refractivity contribution in [2.75, 3.05) is 37.0 Å². The van der Waals surface area contributed by atoms with Gasteiger partial charge in [-0.1, -0.05) is 0 Å². The van der Waals surface area contributed by atoms with Gasteiger partial charge in [-0.25, -0.2) is 4.79 Å². The van der Waals surface area contributed by atoms with Crippen molar-refractivity contribution in [1.29, 1.82) is 0 Å². The highest BCUT2D eigenvalue weighted by Gasteiger charge is 2.27. The van der Waals surface area contributed by atoms with Crippen LogP contribution in [-0.2, 0) is 9.53 Å². The van der Waals surface area contributed by atoms with E-state index >= 15 is 0 Å². The van der Waals surface area contributed by atoms with E-state index in [-0.39, 0.29) is 12.6 Å². The number of pyridine rings is 1. The molecule has 10 nitrogen and oxygen atoms in total. The van der Waals surface area contributed by atoms with Crippen LogP contribution in [0.15, 0.2) is 12.1 Å². The summed E-state index contributed by atoms with van der Waals surface area (Å²) >= 11 is 0. The number of ether oxygens (including phenoxy) is 2. The monoisotopic (exact) mass is 363 g/mol. The Morgan fingerprint density at radius 1 is 1.42 bits per heavy atom. The Hall–Kier alpha value is -3.04. The lowest BCUT2D eigenvalue weighted by atomic mass is 9.98. The van der Waals surface area contributed by atoms with Crippen molar-refractivity contribution in [1.82, 2.24) is 14.6 Å². The molecule has 3 heterocycles. The molecule has 2 aromatic rings. The number of carboxylic acids is 1. The van der Waals surface area contributed by atoms with Gasteiger partial charge in [0.25, 0.3) is 5.95 Å². The van der Waals surface area contributed by atoms with Crippen LogP contribution >= 0.6 is 0 Å². The molecule has 0 bridgehead atoms. The molecule has 2 aromatic heterocycles. The Bertz CT molecular complexity index is 821. The van der Waals surface area contributed by atoms with Crippen molar-refractivity contribution >= 4 is 29.5 Å². The number of fused-ring (bicyclic) bond motifs is 1. The van der Waals surface area contributed by atoms with Crippen molar-refractivity contribution in [2.45, 2.75) is 19.8 Å². The number of carboxylic acid groups (broad SMARTS) is 1. The van der Waals surface area contributed by atoms with Crippen molar-refractivity contribution in [3.8, 4) is 5.75 Å². The zero-order valence-corrected chi connectivity index (χ0v) is 14.6. The summed E-state index contributed by atoms with van der Waals surface area (Å²) in [6, 6.07) is 3.55. The number of hydrogen-bond donors (Lipinski definition) is 2. The average Bonchev–Trinajstić information content (AvgIpc) is 3.04. The van der Waals surface area contributed by atoms with Gasteiger partial charge in [-0.2, -0.15) is 9.50 Å². The minimum Gasteiger partial charge on any atom is -0.493 e. The van der Waals surface area contributed by atoms with Gasteiger partial charge in [0, 0.05) is 13.1 Å². The number of nitrogens with one attached hydrogen (secondary N) is 1. The smallest absolute Gasteiger partial charge is 0.414 e. The van der Waals surface area contributed by atoms with Gasteiger partial charge in [0.05, 0.1) is 19.6 Å². The van der Waals surface area contributed by atoms with E-state index < -0.39 is 18.0 Å². The van der Waals surface area contributed by atoms with Crippen LogP contribution in [0.5, 0.6) is 5.75 Å². The third-order valence-electron chi connectivity index (χ3n) is 4.23. The predicted octanol–water partition coefficient (Wildman–Crippen LogP) is 1.61. The molecule has 0 spiro atoms. The second kappa shape index (κ2) is 7.46.